The molecule has 0 aromatic rings. The fraction of sp³-hybridized carbons (Fsp3) is 0.750. The highest BCUT2D eigenvalue weighted by molar-refractivity contribution is 5.81. The van der Waals surface area contributed by atoms with Gasteiger partial charge in [0.05, 0.1) is 18.6 Å². The molecule has 16 heavy (non-hydrogen) atoms. The van der Waals surface area contributed by atoms with Crippen molar-refractivity contribution in [2.75, 3.05) is 13.2 Å². The number of hydrogen-bond donors (Lipinski definition) is 2. The summed E-state index contributed by atoms with van der Waals surface area (Å²) in [6.45, 7) is 2.92. The van der Waals surface area contributed by atoms with E-state index in [1.165, 1.54) is 0 Å². The molecule has 0 aromatic heterocycles. The SMILES string of the molecule is CC1CCN(C(=O)C2C=CC(N)C2)C1CO. The molecule has 1 heterocycles. The van der Waals surface area contributed by atoms with Crippen LogP contribution in [0, 0.1) is 11.8 Å². The van der Waals surface area contributed by atoms with Crippen molar-refractivity contribution in [3.05, 3.63) is 12.2 Å². The third kappa shape index (κ3) is 1.99. The summed E-state index contributed by atoms with van der Waals surface area (Å²) in [7, 11) is 0. The summed E-state index contributed by atoms with van der Waals surface area (Å²) in [5, 5.41) is 9.31. The minimum absolute atomic E-state index is 0.00211. The van der Waals surface area contributed by atoms with Crippen LogP contribution in [0.5, 0.6) is 0 Å². The molecule has 0 aromatic carbocycles. The van der Waals surface area contributed by atoms with Crippen molar-refractivity contribution in [3.8, 4) is 0 Å². The van der Waals surface area contributed by atoms with Gasteiger partial charge in [0.1, 0.15) is 0 Å². The van der Waals surface area contributed by atoms with Crippen molar-refractivity contribution < 1.29 is 9.90 Å². The first kappa shape index (κ1) is 11.6. The van der Waals surface area contributed by atoms with Crippen LogP contribution >= 0.6 is 0 Å². The Kier molecular flexibility index (Phi) is 3.30. The molecule has 1 aliphatic carbocycles. The number of hydrogen-bond acceptors (Lipinski definition) is 3. The molecule has 4 heteroatoms. The van der Waals surface area contributed by atoms with Crippen LogP contribution < -0.4 is 5.73 Å². The average Bonchev–Trinajstić information content (AvgIpc) is 2.83. The van der Waals surface area contributed by atoms with E-state index in [2.05, 4.69) is 6.92 Å². The number of carbonyl (C=O) groups excluding carboxylic acids is 1. The van der Waals surface area contributed by atoms with E-state index in [9.17, 15) is 9.90 Å². The molecule has 90 valence electrons. The summed E-state index contributed by atoms with van der Waals surface area (Å²) in [5.41, 5.74) is 5.75. The zero-order valence-corrected chi connectivity index (χ0v) is 9.67. The lowest BCUT2D eigenvalue weighted by atomic mass is 10.0. The minimum Gasteiger partial charge on any atom is -0.394 e. The molecule has 2 aliphatic rings. The lowest BCUT2D eigenvalue weighted by Crippen LogP contribution is -2.42. The summed E-state index contributed by atoms with van der Waals surface area (Å²) in [6, 6.07) is 0.0132. The smallest absolute Gasteiger partial charge is 0.229 e. The van der Waals surface area contributed by atoms with Gasteiger partial charge >= 0.3 is 0 Å². The highest BCUT2D eigenvalue weighted by Gasteiger charge is 2.37. The number of likely N-dealkylation sites (tertiary alicyclic amines) is 1. The van der Waals surface area contributed by atoms with E-state index in [0.29, 0.717) is 12.3 Å². The van der Waals surface area contributed by atoms with Crippen LogP contribution in [0.2, 0.25) is 0 Å². The summed E-state index contributed by atoms with van der Waals surface area (Å²) in [6.07, 6.45) is 5.50. The van der Waals surface area contributed by atoms with Gasteiger partial charge in [-0.15, -0.1) is 0 Å². The third-order valence-electron chi connectivity index (χ3n) is 3.79. The molecular formula is C12H20N2O2. The maximum atomic E-state index is 12.2. The van der Waals surface area contributed by atoms with Gasteiger partial charge in [-0.2, -0.15) is 0 Å². The minimum atomic E-state index is -0.0747. The van der Waals surface area contributed by atoms with Crippen molar-refractivity contribution in [2.24, 2.45) is 17.6 Å². The van der Waals surface area contributed by atoms with Crippen LogP contribution in [0.25, 0.3) is 0 Å². The normalized spacial score (nSPS) is 38.3. The molecule has 1 saturated heterocycles. The molecule has 1 fully saturated rings. The second-order valence-corrected chi connectivity index (χ2v) is 4.94. The Morgan fingerprint density at radius 2 is 2.31 bits per heavy atom. The quantitative estimate of drug-likeness (QED) is 0.655. The predicted octanol–water partition coefficient (Wildman–Crippen LogP) is 0.119. The van der Waals surface area contributed by atoms with Gasteiger partial charge in [0.25, 0.3) is 0 Å². The largest absolute Gasteiger partial charge is 0.394 e. The van der Waals surface area contributed by atoms with E-state index in [0.717, 1.165) is 13.0 Å². The second kappa shape index (κ2) is 4.55. The van der Waals surface area contributed by atoms with Crippen molar-refractivity contribution >= 4 is 5.91 Å². The Morgan fingerprint density at radius 1 is 1.56 bits per heavy atom. The van der Waals surface area contributed by atoms with Crippen LogP contribution in [0.15, 0.2) is 12.2 Å². The number of carbonyl (C=O) groups is 1. The van der Waals surface area contributed by atoms with E-state index in [1.807, 2.05) is 17.1 Å². The fourth-order valence-corrected chi connectivity index (χ4v) is 2.68. The predicted molar refractivity (Wildman–Crippen MR) is 61.6 cm³/mol. The summed E-state index contributed by atoms with van der Waals surface area (Å²) >= 11 is 0. The molecule has 1 amide bonds. The Balaban J connectivity index is 2.02. The Hall–Kier alpha value is -0.870. The number of nitrogens with zero attached hydrogens (tertiary/aromatic N) is 1. The highest BCUT2D eigenvalue weighted by Crippen LogP contribution is 2.28. The van der Waals surface area contributed by atoms with E-state index in [4.69, 9.17) is 5.73 Å². The Labute approximate surface area is 96.1 Å². The molecule has 0 spiro atoms. The van der Waals surface area contributed by atoms with Gasteiger partial charge in [0.2, 0.25) is 5.91 Å². The van der Waals surface area contributed by atoms with Gasteiger partial charge < -0.3 is 15.7 Å². The second-order valence-electron chi connectivity index (χ2n) is 4.94. The number of aliphatic hydroxyl groups excluding tert-OH is 1. The first-order valence-electron chi connectivity index (χ1n) is 5.98. The molecule has 3 N–H and O–H groups in total. The highest BCUT2D eigenvalue weighted by atomic mass is 16.3. The standard InChI is InChI=1S/C12H20N2O2/c1-8-4-5-14(11(8)7-15)12(16)9-2-3-10(13)6-9/h2-3,8-11,15H,4-7,13H2,1H3. The van der Waals surface area contributed by atoms with E-state index >= 15 is 0 Å². The molecule has 2 rings (SSSR count). The maximum absolute atomic E-state index is 12.2. The van der Waals surface area contributed by atoms with E-state index < -0.39 is 0 Å². The van der Waals surface area contributed by atoms with Crippen LogP contribution in [0.3, 0.4) is 0 Å². The van der Waals surface area contributed by atoms with Gasteiger partial charge in [-0.25, -0.2) is 0 Å². The van der Waals surface area contributed by atoms with Gasteiger partial charge in [0, 0.05) is 12.6 Å². The van der Waals surface area contributed by atoms with Gasteiger partial charge in [0.15, 0.2) is 0 Å². The van der Waals surface area contributed by atoms with E-state index in [1.54, 1.807) is 0 Å². The topological polar surface area (TPSA) is 66.6 Å². The summed E-state index contributed by atoms with van der Waals surface area (Å²) in [4.78, 5) is 14.0. The third-order valence-corrected chi connectivity index (χ3v) is 3.79. The van der Waals surface area contributed by atoms with Crippen molar-refractivity contribution in [1.29, 1.82) is 0 Å². The van der Waals surface area contributed by atoms with Gasteiger partial charge in [-0.3, -0.25) is 4.79 Å². The zero-order valence-electron chi connectivity index (χ0n) is 9.67. The first-order valence-corrected chi connectivity index (χ1v) is 5.98. The first-order chi connectivity index (χ1) is 7.63. The van der Waals surface area contributed by atoms with Gasteiger partial charge in [-0.1, -0.05) is 19.1 Å². The molecule has 4 nitrogen and oxygen atoms in total. The van der Waals surface area contributed by atoms with Gasteiger partial charge in [-0.05, 0) is 18.8 Å². The number of nitrogens with two attached hydrogens (primary N) is 1. The van der Waals surface area contributed by atoms with Crippen LogP contribution in [0.1, 0.15) is 19.8 Å². The summed E-state index contributed by atoms with van der Waals surface area (Å²) < 4.78 is 0. The van der Waals surface area contributed by atoms with Crippen molar-refractivity contribution in [1.82, 2.24) is 4.90 Å². The van der Waals surface area contributed by atoms with Crippen LogP contribution in [-0.2, 0) is 4.79 Å². The average molecular weight is 224 g/mol. The molecule has 4 unspecified atom stereocenters. The maximum Gasteiger partial charge on any atom is 0.229 e. The van der Waals surface area contributed by atoms with Crippen LogP contribution in [0.4, 0.5) is 0 Å². The molecule has 0 radical (unpaired) electrons. The number of aliphatic hydroxyl groups is 1. The Morgan fingerprint density at radius 3 is 2.88 bits per heavy atom. The molecule has 0 saturated carbocycles. The monoisotopic (exact) mass is 224 g/mol. The van der Waals surface area contributed by atoms with Crippen LogP contribution in [-0.4, -0.2) is 41.1 Å². The molecule has 4 atom stereocenters. The van der Waals surface area contributed by atoms with Crippen molar-refractivity contribution in [2.45, 2.75) is 31.8 Å². The Bertz CT molecular complexity index is 303. The van der Waals surface area contributed by atoms with E-state index in [-0.39, 0.29) is 30.5 Å². The number of amides is 1. The van der Waals surface area contributed by atoms with Crippen molar-refractivity contribution in [3.63, 3.8) is 0 Å². The lowest BCUT2D eigenvalue weighted by Gasteiger charge is -2.27. The zero-order chi connectivity index (χ0) is 11.7. The molecular weight excluding hydrogens is 204 g/mol. The fourth-order valence-electron chi connectivity index (χ4n) is 2.68. The molecule has 0 bridgehead atoms. The number of rotatable bonds is 2. The summed E-state index contributed by atoms with van der Waals surface area (Å²) in [5.74, 6) is 0.454. The lowest BCUT2D eigenvalue weighted by molar-refractivity contribution is -0.136. The molecule has 1 aliphatic heterocycles.